The zero-order chi connectivity index (χ0) is 14.5. The van der Waals surface area contributed by atoms with Crippen molar-refractivity contribution in [2.75, 3.05) is 7.05 Å². The Morgan fingerprint density at radius 1 is 1.35 bits per heavy atom. The van der Waals surface area contributed by atoms with E-state index in [1.54, 1.807) is 0 Å². The van der Waals surface area contributed by atoms with E-state index in [9.17, 15) is 5.26 Å². The molecule has 3 atom stereocenters. The van der Waals surface area contributed by atoms with Crippen LogP contribution < -0.4 is 0 Å². The highest BCUT2D eigenvalue weighted by Crippen LogP contribution is 2.33. The van der Waals surface area contributed by atoms with E-state index < -0.39 is 0 Å². The summed E-state index contributed by atoms with van der Waals surface area (Å²) in [6, 6.07) is 11.6. The normalized spacial score (nSPS) is 26.4. The van der Waals surface area contributed by atoms with Gasteiger partial charge in [-0.05, 0) is 44.7 Å². The maximum Gasteiger partial charge on any atom is 0.0672 e. The molecule has 0 saturated heterocycles. The van der Waals surface area contributed by atoms with Crippen molar-refractivity contribution in [1.82, 2.24) is 4.90 Å². The fourth-order valence-corrected chi connectivity index (χ4v) is 3.46. The summed E-state index contributed by atoms with van der Waals surface area (Å²) in [6.45, 7) is 5.35. The van der Waals surface area contributed by atoms with Crippen molar-refractivity contribution < 1.29 is 0 Å². The number of rotatable bonds is 4. The Kier molecular flexibility index (Phi) is 5.20. The first-order valence-corrected chi connectivity index (χ1v) is 7.79. The lowest BCUT2D eigenvalue weighted by molar-refractivity contribution is 0.118. The standard InChI is InChI=1S/C18H26N2/c1-4-15-8-9-17(12-19)18(11-15)20(3)13-16-7-5-6-14(2)10-16/h5-7,10,15,17-18H,4,8-9,11,13H2,1-3H3. The van der Waals surface area contributed by atoms with Crippen LogP contribution in [0.2, 0.25) is 0 Å². The van der Waals surface area contributed by atoms with Gasteiger partial charge in [-0.1, -0.05) is 43.2 Å². The van der Waals surface area contributed by atoms with Crippen LogP contribution >= 0.6 is 0 Å². The van der Waals surface area contributed by atoms with Gasteiger partial charge < -0.3 is 0 Å². The Morgan fingerprint density at radius 2 is 2.15 bits per heavy atom. The largest absolute Gasteiger partial charge is 0.298 e. The Bertz CT molecular complexity index is 475. The van der Waals surface area contributed by atoms with E-state index in [0.29, 0.717) is 6.04 Å². The van der Waals surface area contributed by atoms with Crippen molar-refractivity contribution in [2.45, 2.75) is 52.1 Å². The van der Waals surface area contributed by atoms with E-state index in [4.69, 9.17) is 0 Å². The third-order valence-corrected chi connectivity index (χ3v) is 4.75. The van der Waals surface area contributed by atoms with Gasteiger partial charge in [0.2, 0.25) is 0 Å². The van der Waals surface area contributed by atoms with Crippen molar-refractivity contribution >= 4 is 0 Å². The van der Waals surface area contributed by atoms with Crippen LogP contribution in [0.5, 0.6) is 0 Å². The van der Waals surface area contributed by atoms with Gasteiger partial charge in [-0.15, -0.1) is 0 Å². The second-order valence-corrected chi connectivity index (χ2v) is 6.29. The Labute approximate surface area is 123 Å². The maximum absolute atomic E-state index is 9.40. The van der Waals surface area contributed by atoms with Crippen LogP contribution in [0.25, 0.3) is 0 Å². The number of aryl methyl sites for hydroxylation is 1. The molecular formula is C18H26N2. The smallest absolute Gasteiger partial charge is 0.0672 e. The molecule has 2 rings (SSSR count). The van der Waals surface area contributed by atoms with E-state index in [2.05, 4.69) is 56.1 Å². The first-order chi connectivity index (χ1) is 9.63. The minimum absolute atomic E-state index is 0.201. The predicted molar refractivity (Wildman–Crippen MR) is 83.2 cm³/mol. The molecule has 0 amide bonds. The van der Waals surface area contributed by atoms with Gasteiger partial charge in [-0.2, -0.15) is 5.26 Å². The van der Waals surface area contributed by atoms with Gasteiger partial charge in [0.15, 0.2) is 0 Å². The molecule has 0 heterocycles. The monoisotopic (exact) mass is 270 g/mol. The Balaban J connectivity index is 2.05. The fraction of sp³-hybridized carbons (Fsp3) is 0.611. The molecule has 0 aliphatic heterocycles. The van der Waals surface area contributed by atoms with Crippen molar-refractivity contribution in [1.29, 1.82) is 5.26 Å². The maximum atomic E-state index is 9.40. The van der Waals surface area contributed by atoms with Gasteiger partial charge in [0.1, 0.15) is 0 Å². The summed E-state index contributed by atoms with van der Waals surface area (Å²) in [5.41, 5.74) is 2.66. The average molecular weight is 270 g/mol. The molecule has 1 saturated carbocycles. The van der Waals surface area contributed by atoms with E-state index in [0.717, 1.165) is 18.9 Å². The van der Waals surface area contributed by atoms with Crippen LogP contribution in [0.1, 0.15) is 43.7 Å². The zero-order valence-electron chi connectivity index (χ0n) is 13.0. The molecule has 1 aliphatic carbocycles. The third-order valence-electron chi connectivity index (χ3n) is 4.75. The van der Waals surface area contributed by atoms with Gasteiger partial charge in [-0.25, -0.2) is 0 Å². The molecule has 0 N–H and O–H groups in total. The number of hydrogen-bond acceptors (Lipinski definition) is 2. The van der Waals surface area contributed by atoms with Crippen molar-refractivity contribution in [3.05, 3.63) is 35.4 Å². The van der Waals surface area contributed by atoms with Gasteiger partial charge in [0, 0.05) is 12.6 Å². The average Bonchev–Trinajstić information content (AvgIpc) is 2.46. The lowest BCUT2D eigenvalue weighted by atomic mass is 9.77. The summed E-state index contributed by atoms with van der Waals surface area (Å²) < 4.78 is 0. The molecule has 0 bridgehead atoms. The minimum atomic E-state index is 0.201. The van der Waals surface area contributed by atoms with Gasteiger partial charge >= 0.3 is 0 Å². The molecule has 3 unspecified atom stereocenters. The fourth-order valence-electron chi connectivity index (χ4n) is 3.46. The molecule has 1 fully saturated rings. The summed E-state index contributed by atoms with van der Waals surface area (Å²) in [7, 11) is 2.18. The second kappa shape index (κ2) is 6.90. The highest BCUT2D eigenvalue weighted by Gasteiger charge is 2.32. The van der Waals surface area contributed by atoms with Gasteiger partial charge in [0.05, 0.1) is 12.0 Å². The van der Waals surface area contributed by atoms with Crippen molar-refractivity contribution in [3.63, 3.8) is 0 Å². The quantitative estimate of drug-likeness (QED) is 0.822. The molecule has 2 heteroatoms. The van der Waals surface area contributed by atoms with Crippen LogP contribution in [-0.2, 0) is 6.54 Å². The van der Waals surface area contributed by atoms with E-state index in [-0.39, 0.29) is 5.92 Å². The third kappa shape index (κ3) is 3.61. The molecule has 0 spiro atoms. The lowest BCUT2D eigenvalue weighted by Gasteiger charge is -2.38. The van der Waals surface area contributed by atoms with Gasteiger partial charge in [-0.3, -0.25) is 4.90 Å². The van der Waals surface area contributed by atoms with Crippen LogP contribution in [0.3, 0.4) is 0 Å². The highest BCUT2D eigenvalue weighted by atomic mass is 15.1. The number of nitriles is 1. The van der Waals surface area contributed by atoms with Gasteiger partial charge in [0.25, 0.3) is 0 Å². The molecule has 1 aromatic carbocycles. The second-order valence-electron chi connectivity index (χ2n) is 6.29. The molecule has 2 nitrogen and oxygen atoms in total. The molecule has 0 radical (unpaired) electrons. The van der Waals surface area contributed by atoms with E-state index >= 15 is 0 Å². The SMILES string of the molecule is CCC1CCC(C#N)C(N(C)Cc2cccc(C)c2)C1. The topological polar surface area (TPSA) is 27.0 Å². The molecule has 1 aliphatic rings. The summed E-state index contributed by atoms with van der Waals surface area (Å²) in [5.74, 6) is 0.997. The minimum Gasteiger partial charge on any atom is -0.298 e. The molecule has 0 aromatic heterocycles. The van der Waals surface area contributed by atoms with E-state index in [1.165, 1.54) is 30.4 Å². The lowest BCUT2D eigenvalue weighted by Crippen LogP contribution is -2.41. The predicted octanol–water partition coefficient (Wildman–Crippen LogP) is 4.15. The number of nitrogens with zero attached hydrogens (tertiary/aromatic N) is 2. The van der Waals surface area contributed by atoms with Crippen molar-refractivity contribution in [3.8, 4) is 6.07 Å². The van der Waals surface area contributed by atoms with E-state index in [1.807, 2.05) is 0 Å². The molecule has 1 aromatic rings. The Morgan fingerprint density at radius 3 is 2.80 bits per heavy atom. The first kappa shape index (κ1) is 15.1. The van der Waals surface area contributed by atoms with Crippen LogP contribution in [-0.4, -0.2) is 18.0 Å². The highest BCUT2D eigenvalue weighted by molar-refractivity contribution is 5.22. The molecule has 108 valence electrons. The number of benzene rings is 1. The van der Waals surface area contributed by atoms with Crippen LogP contribution in [0, 0.1) is 30.1 Å². The molecular weight excluding hydrogens is 244 g/mol. The first-order valence-electron chi connectivity index (χ1n) is 7.79. The summed E-state index contributed by atoms with van der Waals surface area (Å²) >= 11 is 0. The molecule has 20 heavy (non-hydrogen) atoms. The van der Waals surface area contributed by atoms with Crippen LogP contribution in [0.15, 0.2) is 24.3 Å². The number of hydrogen-bond donors (Lipinski definition) is 0. The zero-order valence-corrected chi connectivity index (χ0v) is 13.0. The van der Waals surface area contributed by atoms with Crippen LogP contribution in [0.4, 0.5) is 0 Å². The Hall–Kier alpha value is -1.33. The van der Waals surface area contributed by atoms with Crippen molar-refractivity contribution in [2.24, 2.45) is 11.8 Å². The summed E-state index contributed by atoms with van der Waals surface area (Å²) in [5, 5.41) is 9.40. The summed E-state index contributed by atoms with van der Waals surface area (Å²) in [6.07, 6.45) is 4.71. The summed E-state index contributed by atoms with van der Waals surface area (Å²) in [4.78, 5) is 2.39.